The zero-order valence-electron chi connectivity index (χ0n) is 60.5. The molecule has 0 aliphatic rings. The zero-order chi connectivity index (χ0) is 74.5. The van der Waals surface area contributed by atoms with E-state index >= 15 is 0 Å². The standard InChI is InChI=1S/C59H127O32P7/c1-13-24-39-79-92(61,62)83-44-53(43-75-50-57(29-14-2,30-15-3)31-16-4)87-97(71,72)85-48-56(12,47-84-93(63,64)80-40-27-25-26-38-60)49-86-98(73,74)91-55(46-77-52-59(35-20-8,36-21-9)37-22-10)90-96(69,70)82-42-28-41-81-95(67,68)89-54(88-94(65,66)78-23-11)45-76-51-58(32-17-5,33-18-6)34-19-7/h53-55,60H,13-52H2,1-12H3,(H,61,62)(H,63,64)(H,65,66)(H,67,68)(H,69,70)(H,71,72)(H,73,74). The van der Waals surface area contributed by atoms with E-state index in [4.69, 9.17) is 82.6 Å². The average Bonchev–Trinajstić information content (AvgIpc) is 0.847. The molecule has 0 aromatic rings. The Morgan fingerprint density at radius 2 is 0.592 bits per heavy atom. The highest BCUT2D eigenvalue weighted by atomic mass is 31.2. The van der Waals surface area contributed by atoms with Gasteiger partial charge in [-0.3, -0.25) is 63.3 Å². The fourth-order valence-electron chi connectivity index (χ4n) is 11.5. The summed E-state index contributed by atoms with van der Waals surface area (Å²) in [7, 11) is -36.1. The minimum absolute atomic E-state index is 0.0274. The zero-order valence-corrected chi connectivity index (χ0v) is 66.8. The summed E-state index contributed by atoms with van der Waals surface area (Å²) in [6.07, 6.45) is 10.1. The van der Waals surface area contributed by atoms with Crippen molar-refractivity contribution in [2.45, 2.75) is 256 Å². The van der Waals surface area contributed by atoms with Gasteiger partial charge in [-0.25, -0.2) is 32.0 Å². The molecular weight excluding hydrogens is 1440 g/mol. The molecule has 0 saturated heterocycles. The van der Waals surface area contributed by atoms with Gasteiger partial charge in [-0.15, -0.1) is 0 Å². The van der Waals surface area contributed by atoms with Gasteiger partial charge < -0.3 is 53.6 Å². The highest BCUT2D eigenvalue weighted by Crippen LogP contribution is 2.55. The van der Waals surface area contributed by atoms with Gasteiger partial charge in [-0.2, -0.15) is 0 Å². The summed E-state index contributed by atoms with van der Waals surface area (Å²) in [5, 5.41) is 9.16. The van der Waals surface area contributed by atoms with Crippen molar-refractivity contribution in [2.24, 2.45) is 21.7 Å². The van der Waals surface area contributed by atoms with Crippen LogP contribution in [0.15, 0.2) is 0 Å². The van der Waals surface area contributed by atoms with Gasteiger partial charge in [0.2, 0.25) is 12.6 Å². The molecule has 11 atom stereocenters. The summed E-state index contributed by atoms with van der Waals surface area (Å²) >= 11 is 0. The molecule has 0 spiro atoms. The second-order valence-corrected chi connectivity index (χ2v) is 35.2. The van der Waals surface area contributed by atoms with E-state index in [1.54, 1.807) is 0 Å². The Labute approximate surface area is 584 Å². The molecule has 0 amide bonds. The molecule has 0 bridgehead atoms. The van der Waals surface area contributed by atoms with E-state index in [2.05, 4.69) is 0 Å². The molecule has 0 aliphatic heterocycles. The van der Waals surface area contributed by atoms with E-state index < -0.39 is 150 Å². The van der Waals surface area contributed by atoms with Gasteiger partial charge in [0, 0.05) is 12.0 Å². The van der Waals surface area contributed by atoms with Crippen molar-refractivity contribution in [1.29, 1.82) is 0 Å². The molecule has 590 valence electrons. The van der Waals surface area contributed by atoms with Gasteiger partial charge >= 0.3 is 54.8 Å². The summed E-state index contributed by atoms with van der Waals surface area (Å²) < 4.78 is 184. The Balaban J connectivity index is 7.02. The molecule has 0 fully saturated rings. The summed E-state index contributed by atoms with van der Waals surface area (Å²) in [4.78, 5) is 75.8. The first-order chi connectivity index (χ1) is 45.9. The molecule has 39 heteroatoms. The van der Waals surface area contributed by atoms with E-state index in [1.165, 1.54) is 13.8 Å². The van der Waals surface area contributed by atoms with Crippen molar-refractivity contribution >= 4 is 54.8 Å². The maximum atomic E-state index is 14.1. The van der Waals surface area contributed by atoms with Gasteiger partial charge in [0.1, 0.15) is 6.10 Å². The maximum absolute atomic E-state index is 14.1. The topological polar surface area (TPSA) is 438 Å². The van der Waals surface area contributed by atoms with Gasteiger partial charge in [0.15, 0.2) is 0 Å². The van der Waals surface area contributed by atoms with Gasteiger partial charge in [0.25, 0.3) is 0 Å². The molecule has 0 aromatic heterocycles. The quantitative estimate of drug-likeness (QED) is 0.0159. The summed E-state index contributed by atoms with van der Waals surface area (Å²) in [5.41, 5.74) is -2.94. The average molecular weight is 1570 g/mol. The molecule has 98 heavy (non-hydrogen) atoms. The van der Waals surface area contributed by atoms with Crippen molar-refractivity contribution in [1.82, 2.24) is 0 Å². The molecular formula is C59H127O32P7. The molecule has 32 nitrogen and oxygen atoms in total. The van der Waals surface area contributed by atoms with Crippen molar-refractivity contribution in [3.63, 3.8) is 0 Å². The third-order valence-corrected chi connectivity index (χ3v) is 22.4. The lowest BCUT2D eigenvalue weighted by molar-refractivity contribution is -0.106. The van der Waals surface area contributed by atoms with E-state index in [9.17, 15) is 66.2 Å². The Morgan fingerprint density at radius 1 is 0.296 bits per heavy atom. The van der Waals surface area contributed by atoms with Crippen LogP contribution in [0.2, 0.25) is 0 Å². The van der Waals surface area contributed by atoms with Crippen LogP contribution in [-0.2, 0) is 109 Å². The van der Waals surface area contributed by atoms with E-state index in [0.29, 0.717) is 44.9 Å². The van der Waals surface area contributed by atoms with Crippen molar-refractivity contribution in [3.05, 3.63) is 0 Å². The number of hydrogen-bond acceptors (Lipinski definition) is 25. The minimum Gasteiger partial charge on any atom is -0.396 e. The van der Waals surface area contributed by atoms with Crippen LogP contribution in [0.3, 0.4) is 0 Å². The third-order valence-electron chi connectivity index (χ3n) is 15.4. The number of rotatable bonds is 70. The SMILES string of the molecule is CCCCOP(=O)(O)OCC(COCC(CCC)(CCC)CCC)OP(=O)(O)OCC(C)(COP(=O)(O)OCCCCCO)COP(=O)(O)OC(COCC(CCC)(CCC)CCC)OP(=O)(O)OCCCOP(=O)(O)OC(COCC(CCC)(CCC)CCC)OP(=O)(O)OCC. The van der Waals surface area contributed by atoms with Crippen molar-refractivity contribution < 1.29 is 149 Å². The van der Waals surface area contributed by atoms with Crippen LogP contribution in [0.5, 0.6) is 0 Å². The number of aliphatic hydroxyl groups excluding tert-OH is 1. The first-order valence-corrected chi connectivity index (χ1v) is 45.2. The number of aliphatic hydroxyl groups is 1. The molecule has 0 aromatic carbocycles. The van der Waals surface area contributed by atoms with Crippen molar-refractivity contribution in [2.75, 3.05) is 106 Å². The second kappa shape index (κ2) is 51.8. The van der Waals surface area contributed by atoms with Gasteiger partial charge in [0.05, 0.1) is 99.1 Å². The highest BCUT2D eigenvalue weighted by Gasteiger charge is 2.42. The fourth-order valence-corrected chi connectivity index (χ4v) is 17.7. The Kier molecular flexibility index (Phi) is 52.1. The smallest absolute Gasteiger partial charge is 0.396 e. The molecule has 0 saturated carbocycles. The fraction of sp³-hybridized carbons (Fsp3) is 1.00. The predicted molar refractivity (Wildman–Crippen MR) is 367 cm³/mol. The largest absolute Gasteiger partial charge is 0.474 e. The molecule has 11 unspecified atom stereocenters. The number of phosphoric ester groups is 7. The Hall–Kier alpha value is 0.610. The first kappa shape index (κ1) is 98.6. The van der Waals surface area contributed by atoms with Crippen LogP contribution >= 0.6 is 54.8 Å². The number of hydrogen-bond donors (Lipinski definition) is 8. The van der Waals surface area contributed by atoms with E-state index in [0.717, 1.165) is 96.3 Å². The van der Waals surface area contributed by atoms with E-state index in [1.807, 2.05) is 69.2 Å². The Bertz CT molecular complexity index is 2370. The number of phosphoric acid groups is 7. The summed E-state index contributed by atoms with van der Waals surface area (Å²) in [6, 6.07) is 0. The van der Waals surface area contributed by atoms with Crippen LogP contribution in [0.25, 0.3) is 0 Å². The first-order valence-electron chi connectivity index (χ1n) is 34.8. The lowest BCUT2D eigenvalue weighted by Crippen LogP contribution is -2.35. The van der Waals surface area contributed by atoms with Crippen LogP contribution < -0.4 is 0 Å². The number of ether oxygens (including phenoxy) is 3. The molecule has 8 N–H and O–H groups in total. The van der Waals surface area contributed by atoms with Crippen LogP contribution in [0.1, 0.15) is 237 Å². The maximum Gasteiger partial charge on any atom is 0.474 e. The molecule has 0 aliphatic carbocycles. The molecule has 0 radical (unpaired) electrons. The summed E-state index contributed by atoms with van der Waals surface area (Å²) in [5.74, 6) is 0. The van der Waals surface area contributed by atoms with Crippen LogP contribution in [-0.4, -0.2) is 164 Å². The molecule has 0 rings (SSSR count). The monoisotopic (exact) mass is 1560 g/mol. The Morgan fingerprint density at radius 3 is 0.939 bits per heavy atom. The lowest BCUT2D eigenvalue weighted by Gasteiger charge is -2.34. The second-order valence-electron chi connectivity index (χ2n) is 25.3. The summed E-state index contributed by atoms with van der Waals surface area (Å²) in [6.45, 7) is 14.9. The van der Waals surface area contributed by atoms with Crippen molar-refractivity contribution in [3.8, 4) is 0 Å². The van der Waals surface area contributed by atoms with Gasteiger partial charge in [-0.1, -0.05) is 140 Å². The molecule has 0 heterocycles. The lowest BCUT2D eigenvalue weighted by atomic mass is 9.76. The number of unbranched alkanes of at least 4 members (excludes halogenated alkanes) is 3. The minimum atomic E-state index is -5.62. The van der Waals surface area contributed by atoms with E-state index in [-0.39, 0.29) is 63.5 Å². The predicted octanol–water partition coefficient (Wildman–Crippen LogP) is 15.5. The third kappa shape index (κ3) is 46.6. The van der Waals surface area contributed by atoms with Gasteiger partial charge in [-0.05, 0) is 113 Å². The van der Waals surface area contributed by atoms with Crippen LogP contribution in [0.4, 0.5) is 0 Å². The highest BCUT2D eigenvalue weighted by molar-refractivity contribution is 7.49. The van der Waals surface area contributed by atoms with Crippen LogP contribution in [0, 0.1) is 21.7 Å². The normalized spacial score (nSPS) is 18.7.